The Bertz CT molecular complexity index is 184. The Morgan fingerprint density at radius 2 is 2.21 bits per heavy atom. The average Bonchev–Trinajstić information content (AvgIpc) is 2.51. The minimum atomic E-state index is -0.157. The molecule has 0 spiro atoms. The van der Waals surface area contributed by atoms with Crippen LogP contribution >= 0.6 is 24.2 Å². The smallest absolute Gasteiger partial charge is 0.0831 e. The van der Waals surface area contributed by atoms with Crippen molar-refractivity contribution in [1.29, 1.82) is 0 Å². The second-order valence-electron chi connectivity index (χ2n) is 3.97. The first kappa shape index (κ1) is 12.6. The number of nitrogens with zero attached hydrogens (tertiary/aromatic N) is 1. The Hall–Kier alpha value is 0.520. The highest BCUT2D eigenvalue weighted by molar-refractivity contribution is 7.99. The number of rotatable bonds is 1. The zero-order valence-electron chi connectivity index (χ0n) is 8.48. The molecular formula is C9H19ClN2OS. The largest absolute Gasteiger partial charge is 0.390 e. The van der Waals surface area contributed by atoms with Crippen molar-refractivity contribution in [3.05, 3.63) is 0 Å². The van der Waals surface area contributed by atoms with E-state index in [-0.39, 0.29) is 18.5 Å². The summed E-state index contributed by atoms with van der Waals surface area (Å²) in [6, 6.07) is 0.364. The van der Waals surface area contributed by atoms with Crippen LogP contribution in [-0.2, 0) is 0 Å². The van der Waals surface area contributed by atoms with Gasteiger partial charge in [0.15, 0.2) is 0 Å². The van der Waals surface area contributed by atoms with Crippen LogP contribution in [0.15, 0.2) is 0 Å². The molecule has 2 aliphatic rings. The Morgan fingerprint density at radius 1 is 1.43 bits per heavy atom. The maximum atomic E-state index is 9.72. The number of halogens is 1. The lowest BCUT2D eigenvalue weighted by molar-refractivity contribution is 0.0860. The van der Waals surface area contributed by atoms with Gasteiger partial charge in [-0.05, 0) is 0 Å². The van der Waals surface area contributed by atoms with Gasteiger partial charge >= 0.3 is 0 Å². The van der Waals surface area contributed by atoms with Crippen molar-refractivity contribution in [3.8, 4) is 0 Å². The predicted molar refractivity (Wildman–Crippen MR) is 63.4 cm³/mol. The Kier molecular flexibility index (Phi) is 5.00. The highest BCUT2D eigenvalue weighted by Gasteiger charge is 2.32. The van der Waals surface area contributed by atoms with E-state index in [4.69, 9.17) is 0 Å². The predicted octanol–water partition coefficient (Wildman–Crippen LogP) is 0.178. The van der Waals surface area contributed by atoms with E-state index < -0.39 is 0 Å². The fourth-order valence-electron chi connectivity index (χ4n) is 2.17. The second-order valence-corrected chi connectivity index (χ2v) is 5.52. The highest BCUT2D eigenvalue weighted by atomic mass is 35.5. The first-order valence-electron chi connectivity index (χ1n) is 5.02. The van der Waals surface area contributed by atoms with Gasteiger partial charge in [-0.15, -0.1) is 12.4 Å². The van der Waals surface area contributed by atoms with Gasteiger partial charge in [-0.2, -0.15) is 11.8 Å². The van der Waals surface area contributed by atoms with Crippen LogP contribution in [0.2, 0.25) is 0 Å². The second kappa shape index (κ2) is 5.56. The summed E-state index contributed by atoms with van der Waals surface area (Å²) in [6.45, 7) is 6.26. The average molecular weight is 239 g/mol. The van der Waals surface area contributed by atoms with Crippen molar-refractivity contribution < 1.29 is 5.11 Å². The molecule has 2 N–H and O–H groups in total. The van der Waals surface area contributed by atoms with Crippen molar-refractivity contribution in [2.45, 2.75) is 24.3 Å². The third-order valence-corrected chi connectivity index (χ3v) is 4.03. The molecule has 0 aromatic carbocycles. The highest BCUT2D eigenvalue weighted by Crippen LogP contribution is 2.21. The Morgan fingerprint density at radius 3 is 2.79 bits per heavy atom. The molecule has 0 aromatic heterocycles. The van der Waals surface area contributed by atoms with Crippen molar-refractivity contribution in [1.82, 2.24) is 10.2 Å². The number of hydrogen-bond donors (Lipinski definition) is 2. The summed E-state index contributed by atoms with van der Waals surface area (Å²) in [5.41, 5.74) is 0. The van der Waals surface area contributed by atoms with Crippen LogP contribution in [0.4, 0.5) is 0 Å². The third kappa shape index (κ3) is 2.76. The molecular weight excluding hydrogens is 220 g/mol. The van der Waals surface area contributed by atoms with Crippen molar-refractivity contribution in [2.24, 2.45) is 0 Å². The SMILES string of the molecule is CC1CN([C@@H]2CNC[C@H]2O)CCS1.Cl. The molecule has 1 unspecified atom stereocenters. The molecule has 3 nitrogen and oxygen atoms in total. The molecule has 0 aliphatic carbocycles. The van der Waals surface area contributed by atoms with Gasteiger partial charge in [0, 0.05) is 43.2 Å². The van der Waals surface area contributed by atoms with E-state index >= 15 is 0 Å². The van der Waals surface area contributed by atoms with Crippen LogP contribution in [-0.4, -0.2) is 59.3 Å². The van der Waals surface area contributed by atoms with Gasteiger partial charge in [-0.25, -0.2) is 0 Å². The van der Waals surface area contributed by atoms with E-state index in [1.165, 1.54) is 5.75 Å². The van der Waals surface area contributed by atoms with Gasteiger partial charge in [0.25, 0.3) is 0 Å². The molecule has 0 bridgehead atoms. The molecule has 2 fully saturated rings. The quantitative estimate of drug-likeness (QED) is 0.683. The van der Waals surface area contributed by atoms with Crippen LogP contribution in [0.3, 0.4) is 0 Å². The third-order valence-electron chi connectivity index (χ3n) is 2.89. The normalized spacial score (nSPS) is 39.4. The minimum absolute atomic E-state index is 0. The zero-order valence-corrected chi connectivity index (χ0v) is 10.1. The molecule has 3 atom stereocenters. The molecule has 0 saturated carbocycles. The monoisotopic (exact) mass is 238 g/mol. The number of nitrogens with one attached hydrogen (secondary N) is 1. The van der Waals surface area contributed by atoms with Crippen LogP contribution in [0.25, 0.3) is 0 Å². The summed E-state index contributed by atoms with van der Waals surface area (Å²) in [7, 11) is 0. The van der Waals surface area contributed by atoms with Gasteiger partial charge in [0.05, 0.1) is 6.10 Å². The lowest BCUT2D eigenvalue weighted by atomic mass is 10.1. The van der Waals surface area contributed by atoms with Gasteiger partial charge in [-0.1, -0.05) is 6.92 Å². The first-order chi connectivity index (χ1) is 6.27. The molecule has 0 amide bonds. The Balaban J connectivity index is 0.000000980. The van der Waals surface area contributed by atoms with Gasteiger partial charge in [-0.3, -0.25) is 4.90 Å². The maximum Gasteiger partial charge on any atom is 0.0831 e. The summed E-state index contributed by atoms with van der Waals surface area (Å²) in [5.74, 6) is 1.21. The van der Waals surface area contributed by atoms with Crippen LogP contribution in [0, 0.1) is 0 Å². The lowest BCUT2D eigenvalue weighted by Gasteiger charge is -2.36. The van der Waals surface area contributed by atoms with E-state index in [1.54, 1.807) is 0 Å². The standard InChI is InChI=1S/C9H18N2OS.ClH/c1-7-6-11(2-3-13-7)8-4-10-5-9(8)12;/h7-10,12H,2-6H2,1H3;1H/t7?,8-,9-;/m1./s1. The Labute approximate surface area is 96.0 Å². The lowest BCUT2D eigenvalue weighted by Crippen LogP contribution is -2.49. The summed E-state index contributed by atoms with van der Waals surface area (Å²) >= 11 is 2.04. The van der Waals surface area contributed by atoms with Gasteiger partial charge in [0.1, 0.15) is 0 Å². The van der Waals surface area contributed by atoms with Crippen molar-refractivity contribution in [3.63, 3.8) is 0 Å². The molecule has 2 saturated heterocycles. The van der Waals surface area contributed by atoms with E-state index in [9.17, 15) is 5.11 Å². The summed E-state index contributed by atoms with van der Waals surface area (Å²) in [6.07, 6.45) is -0.157. The topological polar surface area (TPSA) is 35.5 Å². The van der Waals surface area contributed by atoms with Crippen LogP contribution in [0.1, 0.15) is 6.92 Å². The molecule has 2 aliphatic heterocycles. The summed E-state index contributed by atoms with van der Waals surface area (Å²) in [5, 5.41) is 13.7. The first-order valence-corrected chi connectivity index (χ1v) is 6.06. The number of β-amino-alcohol motifs (C(OH)–C–C–N with tert-alkyl or cyclic N) is 1. The number of aliphatic hydroxyl groups excluding tert-OH is 1. The molecule has 2 rings (SSSR count). The molecule has 0 aromatic rings. The fourth-order valence-corrected chi connectivity index (χ4v) is 3.21. The van der Waals surface area contributed by atoms with E-state index in [1.807, 2.05) is 11.8 Å². The van der Waals surface area contributed by atoms with Crippen LogP contribution < -0.4 is 5.32 Å². The van der Waals surface area contributed by atoms with E-state index in [0.717, 1.165) is 31.4 Å². The molecule has 14 heavy (non-hydrogen) atoms. The molecule has 5 heteroatoms. The fraction of sp³-hybridized carbons (Fsp3) is 1.00. The number of aliphatic hydroxyl groups is 1. The molecule has 0 radical (unpaired) electrons. The van der Waals surface area contributed by atoms with Gasteiger partial charge < -0.3 is 10.4 Å². The van der Waals surface area contributed by atoms with E-state index in [0.29, 0.717) is 6.04 Å². The number of hydrogen-bond acceptors (Lipinski definition) is 4. The molecule has 84 valence electrons. The van der Waals surface area contributed by atoms with Crippen molar-refractivity contribution >= 4 is 24.2 Å². The molecule has 2 heterocycles. The number of thioether (sulfide) groups is 1. The van der Waals surface area contributed by atoms with Gasteiger partial charge in [0.2, 0.25) is 0 Å². The minimum Gasteiger partial charge on any atom is -0.390 e. The maximum absolute atomic E-state index is 9.72. The zero-order chi connectivity index (χ0) is 9.26. The summed E-state index contributed by atoms with van der Waals surface area (Å²) < 4.78 is 0. The van der Waals surface area contributed by atoms with Crippen molar-refractivity contribution in [2.75, 3.05) is 31.9 Å². The summed E-state index contributed by atoms with van der Waals surface area (Å²) in [4.78, 5) is 2.44. The van der Waals surface area contributed by atoms with E-state index in [2.05, 4.69) is 17.1 Å². The van der Waals surface area contributed by atoms with Crippen LogP contribution in [0.5, 0.6) is 0 Å².